The molecule has 8 heteroatoms. The number of hydrogen-bond acceptors (Lipinski definition) is 2. The first-order chi connectivity index (χ1) is 12.5. The van der Waals surface area contributed by atoms with Gasteiger partial charge in [0.2, 0.25) is 11.8 Å². The minimum absolute atomic E-state index is 0. The van der Waals surface area contributed by atoms with E-state index in [9.17, 15) is 14.0 Å². The highest BCUT2D eigenvalue weighted by Crippen LogP contribution is 2.37. The molecule has 2 aromatic carbocycles. The fourth-order valence-corrected chi connectivity index (χ4v) is 3.11. The third kappa shape index (κ3) is 4.49. The van der Waals surface area contributed by atoms with Gasteiger partial charge in [-0.1, -0.05) is 35.7 Å². The maximum absolute atomic E-state index is 14.1. The lowest BCUT2D eigenvalue weighted by molar-refractivity contribution is -0.871. The molecule has 0 saturated carbocycles. The second-order valence-electron chi connectivity index (χ2n) is 7.13. The highest BCUT2D eigenvalue weighted by molar-refractivity contribution is 6.26. The molecule has 0 radical (unpaired) electrons. The van der Waals surface area contributed by atoms with Crippen LogP contribution in [0.25, 0.3) is 0 Å². The summed E-state index contributed by atoms with van der Waals surface area (Å²) in [5, 5.41) is 0. The summed E-state index contributed by atoms with van der Waals surface area (Å²) in [7, 11) is 0. The summed E-state index contributed by atoms with van der Waals surface area (Å²) < 4.78 is 13.5. The lowest BCUT2D eigenvalue weighted by Crippen LogP contribution is -2.64. The molecule has 2 rings (SSSR count). The van der Waals surface area contributed by atoms with Crippen molar-refractivity contribution in [3.8, 4) is 0 Å². The van der Waals surface area contributed by atoms with Crippen LogP contribution in [0, 0.1) is 5.82 Å². The third-order valence-electron chi connectivity index (χ3n) is 4.28. The number of nitrogens with zero attached hydrogens (tertiary/aromatic N) is 2. The first-order valence-electron chi connectivity index (χ1n) is 8.52. The molecule has 2 amide bonds. The van der Waals surface area contributed by atoms with Crippen molar-refractivity contribution in [1.82, 2.24) is 4.53 Å². The molecular weight excluding hydrogens is 426 g/mol. The van der Waals surface area contributed by atoms with E-state index in [4.69, 9.17) is 23.6 Å². The maximum Gasteiger partial charge on any atom is 0.390 e. The summed E-state index contributed by atoms with van der Waals surface area (Å²) in [4.78, 5) is 26.0. The molecule has 4 nitrogen and oxygen atoms in total. The summed E-state index contributed by atoms with van der Waals surface area (Å²) in [6.45, 7) is 7.01. The van der Waals surface area contributed by atoms with E-state index < -0.39 is 27.3 Å². The van der Waals surface area contributed by atoms with Crippen molar-refractivity contribution in [2.75, 3.05) is 0 Å². The van der Waals surface area contributed by atoms with Gasteiger partial charge in [0, 0.05) is 0 Å². The van der Waals surface area contributed by atoms with Gasteiger partial charge in [-0.3, -0.25) is 4.79 Å². The minimum atomic E-state index is -1.08. The maximum atomic E-state index is 14.1. The predicted octanol–water partition coefficient (Wildman–Crippen LogP) is 5.93. The van der Waals surface area contributed by atoms with Crippen LogP contribution in [0.2, 0.25) is 0 Å². The highest BCUT2D eigenvalue weighted by Gasteiger charge is 2.56. The molecule has 0 heterocycles. The van der Waals surface area contributed by atoms with Crippen molar-refractivity contribution in [3.05, 3.63) is 71.0 Å². The standard InChI is InChI=1S/C20H22Cl2FN2O2.ClH/c1-5-14-10-12-15(13-11-14)19(27)25(22,20(2,3)4)24(21)18(26)16-8-6-7-9-17(16)23;/h6-13H,5H2,1-4H3;1H/q+1;. The Morgan fingerprint density at radius 1 is 1.07 bits per heavy atom. The molecule has 1 unspecified atom stereocenters. The van der Waals surface area contributed by atoms with Gasteiger partial charge >= 0.3 is 11.8 Å². The number of aryl methyl sites for hydroxylation is 1. The van der Waals surface area contributed by atoms with E-state index in [1.807, 2.05) is 19.1 Å². The van der Waals surface area contributed by atoms with Gasteiger partial charge in [-0.2, -0.15) is 0 Å². The molecule has 28 heavy (non-hydrogen) atoms. The summed E-state index contributed by atoms with van der Waals surface area (Å²) in [6.07, 6.45) is 0.821. The molecule has 152 valence electrons. The van der Waals surface area contributed by atoms with E-state index in [0.717, 1.165) is 18.1 Å². The molecule has 1 atom stereocenters. The number of amides is 2. The second kappa shape index (κ2) is 9.23. The van der Waals surface area contributed by atoms with E-state index in [-0.39, 0.29) is 18.0 Å². The quantitative estimate of drug-likeness (QED) is 0.431. The number of benzene rings is 2. The van der Waals surface area contributed by atoms with Crippen molar-refractivity contribution in [2.24, 2.45) is 0 Å². The molecular formula is C20H23Cl3FN2O2+. The van der Waals surface area contributed by atoms with E-state index >= 15 is 0 Å². The van der Waals surface area contributed by atoms with Gasteiger partial charge in [0.25, 0.3) is 0 Å². The zero-order valence-electron chi connectivity index (χ0n) is 16.1. The lowest BCUT2D eigenvalue weighted by Gasteiger charge is -2.40. The highest BCUT2D eigenvalue weighted by atomic mass is 35.5. The second-order valence-corrected chi connectivity index (χ2v) is 7.94. The fraction of sp³-hybridized carbons (Fsp3) is 0.300. The number of quaternary nitrogens is 1. The fourth-order valence-electron chi connectivity index (χ4n) is 2.56. The van der Waals surface area contributed by atoms with Crippen LogP contribution in [-0.4, -0.2) is 26.0 Å². The monoisotopic (exact) mass is 447 g/mol. The Morgan fingerprint density at radius 2 is 1.61 bits per heavy atom. The number of carbonyl (C=O) groups excluding carboxylic acids is 2. The van der Waals surface area contributed by atoms with E-state index in [1.165, 1.54) is 18.2 Å². The van der Waals surface area contributed by atoms with Crippen molar-refractivity contribution < 1.29 is 18.1 Å². The van der Waals surface area contributed by atoms with Gasteiger partial charge in [0.1, 0.15) is 11.4 Å². The molecule has 0 fully saturated rings. The molecule has 2 aromatic rings. The van der Waals surface area contributed by atoms with Gasteiger partial charge in [-0.25, -0.2) is 9.18 Å². The van der Waals surface area contributed by atoms with E-state index in [1.54, 1.807) is 32.9 Å². The Labute approximate surface area is 181 Å². The average molecular weight is 449 g/mol. The molecule has 0 aliphatic rings. The average Bonchev–Trinajstić information content (AvgIpc) is 2.65. The van der Waals surface area contributed by atoms with Gasteiger partial charge in [0.05, 0.1) is 22.9 Å². The van der Waals surface area contributed by atoms with Crippen molar-refractivity contribution in [1.29, 1.82) is 0 Å². The lowest BCUT2D eigenvalue weighted by atomic mass is 10.0. The van der Waals surface area contributed by atoms with Gasteiger partial charge < -0.3 is 0 Å². The smallest absolute Gasteiger partial charge is 0.262 e. The molecule has 0 aromatic heterocycles. The van der Waals surface area contributed by atoms with Crippen LogP contribution >= 0.6 is 36.0 Å². The number of rotatable bonds is 3. The van der Waals surface area contributed by atoms with Gasteiger partial charge in [-0.15, -0.1) is 12.4 Å². The van der Waals surface area contributed by atoms with Gasteiger partial charge in [-0.05, 0) is 61.1 Å². The summed E-state index contributed by atoms with van der Waals surface area (Å²) in [5.74, 6) is -2.24. The zero-order valence-corrected chi connectivity index (χ0v) is 18.4. The first-order valence-corrected chi connectivity index (χ1v) is 9.19. The third-order valence-corrected chi connectivity index (χ3v) is 5.55. The summed E-state index contributed by atoms with van der Waals surface area (Å²) in [5.41, 5.74) is 0.0864. The topological polar surface area (TPSA) is 37.4 Å². The zero-order chi connectivity index (χ0) is 20.4. The minimum Gasteiger partial charge on any atom is -0.262 e. The van der Waals surface area contributed by atoms with Crippen LogP contribution in [0.4, 0.5) is 4.39 Å². The van der Waals surface area contributed by atoms with Crippen molar-refractivity contribution >= 4 is 47.8 Å². The summed E-state index contributed by atoms with van der Waals surface area (Å²) >= 11 is 12.9. The molecule has 0 saturated heterocycles. The molecule has 0 N–H and O–H groups in total. The first kappa shape index (κ1) is 24.4. The largest absolute Gasteiger partial charge is 0.390 e. The number of halogens is 4. The Bertz CT molecular complexity index is 853. The number of hydrogen-bond donors (Lipinski definition) is 0. The van der Waals surface area contributed by atoms with E-state index in [2.05, 4.69) is 0 Å². The molecule has 0 aliphatic heterocycles. The Hall–Kier alpha value is -1.66. The number of carbonyl (C=O) groups is 2. The van der Waals surface area contributed by atoms with Crippen LogP contribution < -0.4 is 0 Å². The van der Waals surface area contributed by atoms with Gasteiger partial charge in [0.15, 0.2) is 0 Å². The van der Waals surface area contributed by atoms with Crippen LogP contribution in [0.5, 0.6) is 0 Å². The Morgan fingerprint density at radius 3 is 2.07 bits per heavy atom. The van der Waals surface area contributed by atoms with Crippen LogP contribution in [0.3, 0.4) is 0 Å². The van der Waals surface area contributed by atoms with Crippen molar-refractivity contribution in [3.63, 3.8) is 0 Å². The van der Waals surface area contributed by atoms with E-state index in [0.29, 0.717) is 10.1 Å². The molecule has 0 bridgehead atoms. The molecule has 0 spiro atoms. The molecule has 0 aliphatic carbocycles. The Kier molecular flexibility index (Phi) is 8.03. The van der Waals surface area contributed by atoms with Crippen LogP contribution in [0.1, 0.15) is 54.0 Å². The normalized spacial score (nSPS) is 13.2. The summed E-state index contributed by atoms with van der Waals surface area (Å²) in [6, 6.07) is 12.3. The van der Waals surface area contributed by atoms with Crippen LogP contribution in [-0.2, 0) is 6.42 Å². The SMILES string of the molecule is CCc1ccc(C(=O)[N+](Cl)(N(Cl)C(=O)c2ccccc2F)C(C)(C)C)cc1.Cl. The van der Waals surface area contributed by atoms with Crippen molar-refractivity contribution in [2.45, 2.75) is 39.7 Å². The van der Waals surface area contributed by atoms with Crippen LogP contribution in [0.15, 0.2) is 48.5 Å². The Balaban J connectivity index is 0.00000392. The predicted molar refractivity (Wildman–Crippen MR) is 112 cm³/mol.